The van der Waals surface area contributed by atoms with Crippen molar-refractivity contribution in [2.24, 2.45) is 0 Å². The summed E-state index contributed by atoms with van der Waals surface area (Å²) in [5.41, 5.74) is 5.13. The number of halogens is 1. The first kappa shape index (κ1) is 31.2. The summed E-state index contributed by atoms with van der Waals surface area (Å²) in [7, 11) is 0. The number of benzene rings is 2. The van der Waals surface area contributed by atoms with Crippen molar-refractivity contribution >= 4 is 34.5 Å². The summed E-state index contributed by atoms with van der Waals surface area (Å²) in [4.78, 5) is 14.4. The van der Waals surface area contributed by atoms with Gasteiger partial charge < -0.3 is 9.64 Å². The minimum absolute atomic E-state index is 0.00393. The van der Waals surface area contributed by atoms with Gasteiger partial charge in [0.15, 0.2) is 12.7 Å². The summed E-state index contributed by atoms with van der Waals surface area (Å²) in [6, 6.07) is 14.0. The molecule has 4 nitrogen and oxygen atoms in total. The molecule has 0 saturated carbocycles. The lowest BCUT2D eigenvalue weighted by molar-refractivity contribution is -0.683. The van der Waals surface area contributed by atoms with E-state index in [9.17, 15) is 4.79 Å². The summed E-state index contributed by atoms with van der Waals surface area (Å²) >= 11 is 8.11. The number of aromatic nitrogens is 1. The van der Waals surface area contributed by atoms with Crippen molar-refractivity contribution in [1.29, 1.82) is 0 Å². The molecule has 0 N–H and O–H groups in total. The molecular weight excluding hydrogens is 524 g/mol. The molecule has 0 saturated heterocycles. The number of anilines is 1. The summed E-state index contributed by atoms with van der Waals surface area (Å²) in [6.45, 7) is 5.80. The number of carbonyl (C=O) groups is 1. The zero-order valence-electron chi connectivity index (χ0n) is 23.9. The van der Waals surface area contributed by atoms with E-state index in [1.165, 1.54) is 70.6 Å². The third-order valence-corrected chi connectivity index (χ3v) is 8.07. The lowest BCUT2D eigenvalue weighted by atomic mass is 10.1. The van der Waals surface area contributed by atoms with E-state index in [2.05, 4.69) is 40.7 Å². The van der Waals surface area contributed by atoms with Gasteiger partial charge in [0.25, 0.3) is 0 Å². The Labute approximate surface area is 245 Å². The van der Waals surface area contributed by atoms with Crippen LogP contribution in [-0.4, -0.2) is 12.5 Å². The fourth-order valence-corrected chi connectivity index (χ4v) is 5.60. The maximum Gasteiger partial charge on any atom is 0.224 e. The molecule has 212 valence electrons. The Balaban J connectivity index is 1.42. The number of rotatable bonds is 19. The molecule has 3 aromatic rings. The fourth-order valence-electron chi connectivity index (χ4n) is 4.83. The number of unbranched alkanes of at least 4 members (excludes halogenated alkanes) is 11. The van der Waals surface area contributed by atoms with Crippen LogP contribution in [0.4, 0.5) is 5.69 Å². The predicted molar refractivity (Wildman–Crippen MR) is 165 cm³/mol. The maximum absolute atomic E-state index is 12.6. The second-order valence-electron chi connectivity index (χ2n) is 10.5. The van der Waals surface area contributed by atoms with Crippen LogP contribution < -0.4 is 14.2 Å². The maximum atomic E-state index is 12.6. The van der Waals surface area contributed by atoms with E-state index in [4.69, 9.17) is 16.3 Å². The molecule has 0 unspecified atom stereocenters. The highest BCUT2D eigenvalue weighted by atomic mass is 35.5. The SMILES string of the molecule is CCCCCCCCCCCCCCOc1cc(CN(C(C)=O)c2cccc(C[n+]3ccsc3)c2)ccc1Cl. The number of ether oxygens (including phenoxy) is 1. The van der Waals surface area contributed by atoms with E-state index >= 15 is 0 Å². The van der Waals surface area contributed by atoms with Gasteiger partial charge in [0.2, 0.25) is 11.4 Å². The van der Waals surface area contributed by atoms with Gasteiger partial charge in [-0.1, -0.05) is 119 Å². The number of hydrogen-bond donors (Lipinski definition) is 0. The quantitative estimate of drug-likeness (QED) is 0.106. The van der Waals surface area contributed by atoms with E-state index in [0.717, 1.165) is 29.8 Å². The average Bonchev–Trinajstić information content (AvgIpc) is 3.44. The highest BCUT2D eigenvalue weighted by Gasteiger charge is 2.15. The molecular formula is C33H46ClN2O2S+. The van der Waals surface area contributed by atoms with Crippen molar-refractivity contribution in [2.75, 3.05) is 11.5 Å². The zero-order chi connectivity index (χ0) is 27.7. The van der Waals surface area contributed by atoms with Crippen LogP contribution in [0.3, 0.4) is 0 Å². The average molecular weight is 570 g/mol. The molecule has 0 aliphatic rings. The Morgan fingerprint density at radius 3 is 2.23 bits per heavy atom. The summed E-state index contributed by atoms with van der Waals surface area (Å²) in [6.07, 6.45) is 17.9. The molecule has 0 atom stereocenters. The second-order valence-corrected chi connectivity index (χ2v) is 11.6. The van der Waals surface area contributed by atoms with Crippen LogP contribution in [0.15, 0.2) is 59.6 Å². The number of nitrogens with zero attached hydrogens (tertiary/aromatic N) is 2. The minimum atomic E-state index is 0.00393. The molecule has 3 rings (SSSR count). The first-order chi connectivity index (χ1) is 19.1. The molecule has 1 amide bonds. The van der Waals surface area contributed by atoms with Crippen molar-refractivity contribution in [3.63, 3.8) is 0 Å². The molecule has 0 aliphatic carbocycles. The Bertz CT molecular complexity index is 1100. The summed E-state index contributed by atoms with van der Waals surface area (Å²) < 4.78 is 8.20. The molecule has 6 heteroatoms. The Morgan fingerprint density at radius 1 is 0.897 bits per heavy atom. The molecule has 1 heterocycles. The van der Waals surface area contributed by atoms with E-state index in [-0.39, 0.29) is 5.91 Å². The van der Waals surface area contributed by atoms with Crippen molar-refractivity contribution in [3.8, 4) is 5.75 Å². The van der Waals surface area contributed by atoms with E-state index in [0.29, 0.717) is 23.9 Å². The van der Waals surface area contributed by atoms with Gasteiger partial charge in [-0.3, -0.25) is 4.79 Å². The van der Waals surface area contributed by atoms with Crippen molar-refractivity contribution in [3.05, 3.63) is 75.7 Å². The molecule has 0 radical (unpaired) electrons. The first-order valence-corrected chi connectivity index (χ1v) is 16.1. The standard InChI is InChI=1S/C33H46ClN2O2S/c1-3-4-5-6-7-8-9-10-11-12-13-14-21-38-33-24-30(18-19-32(33)34)26-36(28(2)37)31-17-15-16-29(23-31)25-35-20-22-39-27-35/h15-20,22-24,27H,3-14,21,25-26H2,1-2H3/q+1. The second kappa shape index (κ2) is 18.1. The van der Waals surface area contributed by atoms with Gasteiger partial charge in [-0.05, 0) is 36.2 Å². The number of amides is 1. The highest BCUT2D eigenvalue weighted by molar-refractivity contribution is 7.07. The molecule has 2 aromatic carbocycles. The van der Waals surface area contributed by atoms with Crippen LogP contribution in [-0.2, 0) is 17.9 Å². The molecule has 0 fully saturated rings. The lowest BCUT2D eigenvalue weighted by Gasteiger charge is -2.22. The highest BCUT2D eigenvalue weighted by Crippen LogP contribution is 2.28. The third-order valence-electron chi connectivity index (χ3n) is 7.09. The number of carbonyl (C=O) groups excluding carboxylic acids is 1. The Morgan fingerprint density at radius 2 is 1.59 bits per heavy atom. The van der Waals surface area contributed by atoms with Gasteiger partial charge in [0.05, 0.1) is 23.6 Å². The topological polar surface area (TPSA) is 33.4 Å². The van der Waals surface area contributed by atoms with E-state index < -0.39 is 0 Å². The van der Waals surface area contributed by atoms with Crippen LogP contribution in [0.5, 0.6) is 5.75 Å². The van der Waals surface area contributed by atoms with E-state index in [1.54, 1.807) is 23.2 Å². The number of thiazole rings is 1. The van der Waals surface area contributed by atoms with Gasteiger partial charge >= 0.3 is 0 Å². The van der Waals surface area contributed by atoms with Gasteiger partial charge in [-0.15, -0.1) is 0 Å². The van der Waals surface area contributed by atoms with Crippen LogP contribution in [0, 0.1) is 0 Å². The predicted octanol–water partition coefficient (Wildman–Crippen LogP) is 9.37. The minimum Gasteiger partial charge on any atom is -0.492 e. The monoisotopic (exact) mass is 569 g/mol. The van der Waals surface area contributed by atoms with Crippen LogP contribution in [0.1, 0.15) is 102 Å². The first-order valence-electron chi connectivity index (χ1n) is 14.8. The van der Waals surface area contributed by atoms with E-state index in [1.807, 2.05) is 30.3 Å². The van der Waals surface area contributed by atoms with Gasteiger partial charge in [-0.25, -0.2) is 0 Å². The van der Waals surface area contributed by atoms with Crippen molar-refractivity contribution < 1.29 is 14.1 Å². The summed E-state index contributed by atoms with van der Waals surface area (Å²) in [5, 5.41) is 2.67. The van der Waals surface area contributed by atoms with Crippen LogP contribution >= 0.6 is 22.9 Å². The normalized spacial score (nSPS) is 11.1. The Hall–Kier alpha value is -2.37. The smallest absolute Gasteiger partial charge is 0.224 e. The molecule has 1 aromatic heterocycles. The molecule has 0 aliphatic heterocycles. The molecule has 39 heavy (non-hydrogen) atoms. The van der Waals surface area contributed by atoms with Gasteiger partial charge in [0.1, 0.15) is 5.75 Å². The van der Waals surface area contributed by atoms with Crippen LogP contribution in [0.25, 0.3) is 0 Å². The van der Waals surface area contributed by atoms with Gasteiger partial charge in [-0.2, -0.15) is 4.57 Å². The lowest BCUT2D eigenvalue weighted by Crippen LogP contribution is -2.31. The number of hydrogen-bond acceptors (Lipinski definition) is 3. The largest absolute Gasteiger partial charge is 0.492 e. The van der Waals surface area contributed by atoms with Crippen molar-refractivity contribution in [2.45, 2.75) is 104 Å². The molecule has 0 spiro atoms. The third kappa shape index (κ3) is 11.7. The molecule has 0 bridgehead atoms. The summed E-state index contributed by atoms with van der Waals surface area (Å²) in [5.74, 6) is 0.701. The zero-order valence-corrected chi connectivity index (χ0v) is 25.4. The van der Waals surface area contributed by atoms with Crippen molar-refractivity contribution in [1.82, 2.24) is 0 Å². The van der Waals surface area contributed by atoms with Gasteiger partial charge in [0, 0.05) is 18.2 Å². The van der Waals surface area contributed by atoms with Crippen LogP contribution in [0.2, 0.25) is 5.02 Å². The fraction of sp³-hybridized carbons (Fsp3) is 0.515. The Kier molecular flexibility index (Phi) is 14.4.